The zero-order valence-corrected chi connectivity index (χ0v) is 9.37. The van der Waals surface area contributed by atoms with E-state index in [0.717, 1.165) is 11.3 Å². The number of carboxylic acid groups (broad SMARTS) is 1. The summed E-state index contributed by atoms with van der Waals surface area (Å²) in [6.45, 7) is 0. The molecule has 0 aliphatic carbocycles. The Labute approximate surface area is 102 Å². The van der Waals surface area contributed by atoms with Crippen molar-refractivity contribution in [1.29, 1.82) is 0 Å². The number of nitrogens with one attached hydrogen (secondary N) is 1. The summed E-state index contributed by atoms with van der Waals surface area (Å²) in [6.07, 6.45) is -4.73. The van der Waals surface area contributed by atoms with Crippen LogP contribution in [0.25, 0.3) is 0 Å². The summed E-state index contributed by atoms with van der Waals surface area (Å²) in [6, 6.07) is 6.71. The number of rotatable bonds is 3. The number of aliphatic carboxylic acids is 1. The Hall–Kier alpha value is -1.72. The van der Waals surface area contributed by atoms with Crippen molar-refractivity contribution in [3.63, 3.8) is 0 Å². The highest BCUT2D eigenvalue weighted by Crippen LogP contribution is 2.34. The molecule has 1 aliphatic rings. The average molecular weight is 259 g/mol. The van der Waals surface area contributed by atoms with Crippen molar-refractivity contribution in [2.45, 2.75) is 25.1 Å². The van der Waals surface area contributed by atoms with E-state index in [9.17, 15) is 18.0 Å². The molecule has 6 heteroatoms. The van der Waals surface area contributed by atoms with Crippen molar-refractivity contribution < 1.29 is 23.1 Å². The molecule has 0 bridgehead atoms. The maximum absolute atomic E-state index is 12.5. The minimum Gasteiger partial charge on any atom is -0.481 e. The van der Waals surface area contributed by atoms with Crippen molar-refractivity contribution in [3.8, 4) is 0 Å². The van der Waals surface area contributed by atoms with Gasteiger partial charge in [-0.15, -0.1) is 0 Å². The molecule has 0 spiro atoms. The zero-order chi connectivity index (χ0) is 13.3. The molecule has 0 aromatic heterocycles. The molecule has 0 saturated carbocycles. The molecule has 0 fully saturated rings. The number of para-hydroxylation sites is 1. The van der Waals surface area contributed by atoms with Crippen LogP contribution in [0, 0.1) is 5.92 Å². The summed E-state index contributed by atoms with van der Waals surface area (Å²) in [4.78, 5) is 10.7. The number of fused-ring (bicyclic) bond motifs is 1. The van der Waals surface area contributed by atoms with Crippen LogP contribution in [0.4, 0.5) is 18.9 Å². The Kier molecular flexibility index (Phi) is 3.19. The lowest BCUT2D eigenvalue weighted by Gasteiger charge is -2.20. The summed E-state index contributed by atoms with van der Waals surface area (Å²) in [5, 5.41) is 11.6. The van der Waals surface area contributed by atoms with Crippen LogP contribution in [-0.2, 0) is 11.2 Å². The lowest BCUT2D eigenvalue weighted by atomic mass is 9.97. The van der Waals surface area contributed by atoms with Crippen molar-refractivity contribution in [3.05, 3.63) is 29.8 Å². The molecule has 1 aromatic carbocycles. The molecule has 0 radical (unpaired) electrons. The molecule has 2 atom stereocenters. The molecular formula is C12H12F3NO2. The minimum absolute atomic E-state index is 0.427. The average Bonchev–Trinajstić information content (AvgIpc) is 2.66. The fourth-order valence-electron chi connectivity index (χ4n) is 2.18. The number of carboxylic acids is 1. The number of hydrogen-bond donors (Lipinski definition) is 2. The molecular weight excluding hydrogens is 247 g/mol. The second-order valence-corrected chi connectivity index (χ2v) is 4.37. The summed E-state index contributed by atoms with van der Waals surface area (Å²) in [7, 11) is 0. The van der Waals surface area contributed by atoms with E-state index in [1.54, 1.807) is 18.2 Å². The van der Waals surface area contributed by atoms with Crippen LogP contribution in [0.15, 0.2) is 24.3 Å². The third-order valence-corrected chi connectivity index (χ3v) is 3.06. The Balaban J connectivity index is 2.06. The highest BCUT2D eigenvalue weighted by atomic mass is 19.4. The van der Waals surface area contributed by atoms with Gasteiger partial charge in [0.25, 0.3) is 0 Å². The lowest BCUT2D eigenvalue weighted by molar-refractivity contribution is -0.195. The molecule has 98 valence electrons. The smallest absolute Gasteiger partial charge is 0.402 e. The molecule has 2 N–H and O–H groups in total. The second-order valence-electron chi connectivity index (χ2n) is 4.37. The first-order valence-electron chi connectivity index (χ1n) is 5.52. The first-order valence-corrected chi connectivity index (χ1v) is 5.52. The standard InChI is InChI=1S/C12H12F3NO2/c13-12(14,15)9(11(17)18)6-8-5-7-3-1-2-4-10(7)16-8/h1-4,8-9,16H,5-6H2,(H,17,18)/t8-,9-/m1/s1. The van der Waals surface area contributed by atoms with Crippen molar-refractivity contribution in [2.24, 2.45) is 5.92 Å². The van der Waals surface area contributed by atoms with Gasteiger partial charge in [-0.05, 0) is 24.5 Å². The maximum Gasteiger partial charge on any atom is 0.402 e. The van der Waals surface area contributed by atoms with E-state index in [0.29, 0.717) is 6.42 Å². The van der Waals surface area contributed by atoms with Crippen molar-refractivity contribution >= 4 is 11.7 Å². The fraction of sp³-hybridized carbons (Fsp3) is 0.417. The van der Waals surface area contributed by atoms with Gasteiger partial charge in [0, 0.05) is 11.7 Å². The second kappa shape index (κ2) is 4.51. The minimum atomic E-state index is -4.71. The summed E-state index contributed by atoms with van der Waals surface area (Å²) in [5.74, 6) is -4.13. The number of carbonyl (C=O) groups is 1. The maximum atomic E-state index is 12.5. The van der Waals surface area contributed by atoms with Crippen LogP contribution in [0.2, 0.25) is 0 Å². The SMILES string of the molecule is O=C(O)[C@@H](C[C@H]1Cc2ccccc2N1)C(F)(F)F. The number of hydrogen-bond acceptors (Lipinski definition) is 2. The van der Waals surface area contributed by atoms with E-state index in [-0.39, 0.29) is 0 Å². The number of benzene rings is 1. The topological polar surface area (TPSA) is 49.3 Å². The fourth-order valence-corrected chi connectivity index (χ4v) is 2.18. The first kappa shape index (κ1) is 12.7. The van der Waals surface area contributed by atoms with Gasteiger partial charge >= 0.3 is 12.1 Å². The van der Waals surface area contributed by atoms with Crippen LogP contribution >= 0.6 is 0 Å². The van der Waals surface area contributed by atoms with Gasteiger partial charge < -0.3 is 10.4 Å². The van der Waals surface area contributed by atoms with Gasteiger partial charge in [0.05, 0.1) is 0 Å². The molecule has 18 heavy (non-hydrogen) atoms. The van der Waals surface area contributed by atoms with E-state index in [1.165, 1.54) is 0 Å². The quantitative estimate of drug-likeness (QED) is 0.877. The van der Waals surface area contributed by atoms with Gasteiger partial charge in [0.15, 0.2) is 5.92 Å². The molecule has 1 heterocycles. The number of halogens is 3. The highest BCUT2D eigenvalue weighted by molar-refractivity contribution is 5.71. The molecule has 1 aromatic rings. The van der Waals surface area contributed by atoms with Gasteiger partial charge in [0.1, 0.15) is 0 Å². The lowest BCUT2D eigenvalue weighted by Crippen LogP contribution is -2.35. The van der Waals surface area contributed by atoms with E-state index in [1.807, 2.05) is 6.07 Å². The molecule has 0 unspecified atom stereocenters. The van der Waals surface area contributed by atoms with Gasteiger partial charge in [0.2, 0.25) is 0 Å². The van der Waals surface area contributed by atoms with Gasteiger partial charge in [-0.1, -0.05) is 18.2 Å². The molecule has 3 nitrogen and oxygen atoms in total. The molecule has 0 amide bonds. The van der Waals surface area contributed by atoms with Crippen LogP contribution in [0.5, 0.6) is 0 Å². The van der Waals surface area contributed by atoms with E-state index in [2.05, 4.69) is 5.32 Å². The van der Waals surface area contributed by atoms with Crippen molar-refractivity contribution in [1.82, 2.24) is 0 Å². The van der Waals surface area contributed by atoms with E-state index in [4.69, 9.17) is 5.11 Å². The predicted molar refractivity (Wildman–Crippen MR) is 59.4 cm³/mol. The monoisotopic (exact) mass is 259 g/mol. The third kappa shape index (κ3) is 2.57. The van der Waals surface area contributed by atoms with Crippen molar-refractivity contribution in [2.75, 3.05) is 5.32 Å². The highest BCUT2D eigenvalue weighted by Gasteiger charge is 2.46. The molecule has 2 rings (SSSR count). The van der Waals surface area contributed by atoms with Crippen LogP contribution < -0.4 is 5.32 Å². The molecule has 0 saturated heterocycles. The van der Waals surface area contributed by atoms with Gasteiger partial charge in [-0.25, -0.2) is 0 Å². The Morgan fingerprint density at radius 1 is 1.44 bits per heavy atom. The van der Waals surface area contributed by atoms with Crippen LogP contribution in [0.1, 0.15) is 12.0 Å². The predicted octanol–water partition coefficient (Wildman–Crippen LogP) is 2.68. The van der Waals surface area contributed by atoms with E-state index >= 15 is 0 Å². The summed E-state index contributed by atoms with van der Waals surface area (Å²) < 4.78 is 37.6. The third-order valence-electron chi connectivity index (χ3n) is 3.06. The largest absolute Gasteiger partial charge is 0.481 e. The summed E-state index contributed by atoms with van der Waals surface area (Å²) >= 11 is 0. The normalized spacial score (nSPS) is 20.1. The number of alkyl halides is 3. The Morgan fingerprint density at radius 3 is 2.67 bits per heavy atom. The van der Waals surface area contributed by atoms with Crippen LogP contribution in [0.3, 0.4) is 0 Å². The van der Waals surface area contributed by atoms with Gasteiger partial charge in [-0.3, -0.25) is 4.79 Å². The Bertz CT molecular complexity index is 434. The Morgan fingerprint density at radius 2 is 2.11 bits per heavy atom. The summed E-state index contributed by atoms with van der Waals surface area (Å²) in [5.41, 5.74) is 1.71. The number of anilines is 1. The van der Waals surface area contributed by atoms with E-state index < -0.39 is 30.5 Å². The van der Waals surface area contributed by atoms with Crippen LogP contribution in [-0.4, -0.2) is 23.3 Å². The molecule has 1 aliphatic heterocycles. The first-order chi connectivity index (χ1) is 8.38. The zero-order valence-electron chi connectivity index (χ0n) is 9.37. The van der Waals surface area contributed by atoms with Gasteiger partial charge in [-0.2, -0.15) is 13.2 Å².